The van der Waals surface area contributed by atoms with Gasteiger partial charge in [0.2, 0.25) is 0 Å². The summed E-state index contributed by atoms with van der Waals surface area (Å²) in [5, 5.41) is 0.690. The molecular weight excluding hydrogens is 686 g/mol. The molecular formula is C40H40ClN3O6S. The number of hydrogen-bond donors (Lipinski definition) is 0. The lowest BCUT2D eigenvalue weighted by Crippen LogP contribution is -2.40. The number of carbonyl (C=O) groups is 1. The number of benzene rings is 3. The number of allylic oxidation sites excluding steroid dienone is 1. The Hall–Kier alpha value is -5.06. The number of methoxy groups -OCH3 is 1. The summed E-state index contributed by atoms with van der Waals surface area (Å²) >= 11 is 7.29. The molecule has 264 valence electrons. The monoisotopic (exact) mass is 725 g/mol. The third-order valence-electron chi connectivity index (χ3n) is 8.55. The fourth-order valence-corrected chi connectivity index (χ4v) is 7.39. The van der Waals surface area contributed by atoms with Crippen LogP contribution in [0.25, 0.3) is 11.8 Å². The molecule has 0 amide bonds. The number of ether oxygens (including phenoxy) is 4. The molecule has 0 bridgehead atoms. The summed E-state index contributed by atoms with van der Waals surface area (Å²) in [7, 11) is 1.56. The minimum Gasteiger partial charge on any atom is -0.493 e. The molecule has 3 heterocycles. The van der Waals surface area contributed by atoms with E-state index < -0.39 is 12.0 Å². The molecule has 6 rings (SSSR count). The standard InChI is InChI=1S/C40H40ClN3O6S/c1-8-48-39(46)36-25(5)42-40-44(37(36)28-11-18-33(50-23(2)3)34(20-28)47-7)38(45)35(51-40)21-29-19-24(4)43(26(29)6)31-14-16-32(17-15-31)49-22-27-9-12-30(41)13-10-27/h9-21,23,37H,8,22H2,1-7H3/b35-21+/t37-/m0/s1. The van der Waals surface area contributed by atoms with Crippen molar-refractivity contribution in [3.05, 3.63) is 137 Å². The van der Waals surface area contributed by atoms with Crippen molar-refractivity contribution in [1.82, 2.24) is 9.13 Å². The van der Waals surface area contributed by atoms with Crippen LogP contribution in [0.4, 0.5) is 0 Å². The summed E-state index contributed by atoms with van der Waals surface area (Å²) in [6.45, 7) is 12.1. The van der Waals surface area contributed by atoms with Crippen molar-refractivity contribution in [2.24, 2.45) is 4.99 Å². The number of aryl methyl sites for hydroxylation is 1. The summed E-state index contributed by atoms with van der Waals surface area (Å²) in [4.78, 5) is 32.9. The highest BCUT2D eigenvalue weighted by Crippen LogP contribution is 2.36. The molecule has 5 aromatic rings. The topological polar surface area (TPSA) is 93.3 Å². The third-order valence-corrected chi connectivity index (χ3v) is 9.79. The average molecular weight is 726 g/mol. The maximum atomic E-state index is 14.3. The molecule has 0 spiro atoms. The molecule has 11 heteroatoms. The minimum absolute atomic E-state index is 0.0688. The van der Waals surface area contributed by atoms with Crippen molar-refractivity contribution in [2.45, 2.75) is 60.3 Å². The van der Waals surface area contributed by atoms with E-state index in [0.29, 0.717) is 49.3 Å². The number of carbonyl (C=O) groups excluding carboxylic acids is 1. The lowest BCUT2D eigenvalue weighted by atomic mass is 9.95. The largest absolute Gasteiger partial charge is 0.493 e. The van der Waals surface area contributed by atoms with Crippen LogP contribution in [0.5, 0.6) is 17.2 Å². The zero-order valence-corrected chi connectivity index (χ0v) is 31.2. The molecule has 0 saturated carbocycles. The van der Waals surface area contributed by atoms with Crippen LogP contribution in [-0.2, 0) is 16.1 Å². The van der Waals surface area contributed by atoms with Crippen LogP contribution in [0, 0.1) is 13.8 Å². The van der Waals surface area contributed by atoms with Gasteiger partial charge in [-0.3, -0.25) is 9.36 Å². The number of thiazole rings is 1. The Morgan fingerprint density at radius 3 is 2.39 bits per heavy atom. The molecule has 0 fully saturated rings. The Labute approximate surface area is 305 Å². The second-order valence-corrected chi connectivity index (χ2v) is 13.9. The molecule has 0 N–H and O–H groups in total. The number of halogens is 1. The predicted molar refractivity (Wildman–Crippen MR) is 200 cm³/mol. The summed E-state index contributed by atoms with van der Waals surface area (Å²) in [5.74, 6) is 1.29. The Bertz CT molecular complexity index is 2300. The molecule has 1 aliphatic rings. The Morgan fingerprint density at radius 1 is 1.00 bits per heavy atom. The second-order valence-electron chi connectivity index (χ2n) is 12.5. The van der Waals surface area contributed by atoms with E-state index in [1.165, 1.54) is 11.3 Å². The van der Waals surface area contributed by atoms with Crippen molar-refractivity contribution in [3.8, 4) is 22.9 Å². The molecule has 2 aromatic heterocycles. The van der Waals surface area contributed by atoms with E-state index >= 15 is 0 Å². The maximum absolute atomic E-state index is 14.3. The lowest BCUT2D eigenvalue weighted by Gasteiger charge is -2.25. The second kappa shape index (κ2) is 15.0. The van der Waals surface area contributed by atoms with Crippen LogP contribution < -0.4 is 29.1 Å². The molecule has 1 aliphatic heterocycles. The number of nitrogens with zero attached hydrogens (tertiary/aromatic N) is 3. The van der Waals surface area contributed by atoms with Gasteiger partial charge in [-0.05, 0) is 119 Å². The maximum Gasteiger partial charge on any atom is 0.338 e. The highest BCUT2D eigenvalue weighted by Gasteiger charge is 2.34. The smallest absolute Gasteiger partial charge is 0.338 e. The predicted octanol–water partition coefficient (Wildman–Crippen LogP) is 7.23. The Morgan fingerprint density at radius 2 is 1.73 bits per heavy atom. The van der Waals surface area contributed by atoms with Gasteiger partial charge in [0, 0.05) is 22.1 Å². The van der Waals surface area contributed by atoms with Gasteiger partial charge in [-0.15, -0.1) is 0 Å². The molecule has 1 atom stereocenters. The number of hydrogen-bond acceptors (Lipinski definition) is 8. The zero-order chi connectivity index (χ0) is 36.4. The van der Waals surface area contributed by atoms with E-state index in [1.54, 1.807) is 37.7 Å². The van der Waals surface area contributed by atoms with Gasteiger partial charge in [0.25, 0.3) is 5.56 Å². The molecule has 51 heavy (non-hydrogen) atoms. The minimum atomic E-state index is -0.780. The van der Waals surface area contributed by atoms with Gasteiger partial charge in [-0.25, -0.2) is 9.79 Å². The zero-order valence-electron chi connectivity index (χ0n) is 29.7. The van der Waals surface area contributed by atoms with Crippen LogP contribution in [-0.4, -0.2) is 34.9 Å². The van der Waals surface area contributed by atoms with Crippen molar-refractivity contribution < 1.29 is 23.7 Å². The Kier molecular flexibility index (Phi) is 10.5. The first-order chi connectivity index (χ1) is 24.5. The van der Waals surface area contributed by atoms with Crippen molar-refractivity contribution in [3.63, 3.8) is 0 Å². The molecule has 0 aliphatic carbocycles. The number of rotatable bonds is 11. The molecule has 0 saturated heterocycles. The summed E-state index contributed by atoms with van der Waals surface area (Å²) in [6, 6.07) is 22.2. The Balaban J connectivity index is 1.37. The molecule has 9 nitrogen and oxygen atoms in total. The van der Waals surface area contributed by atoms with Gasteiger partial charge in [-0.2, -0.15) is 0 Å². The van der Waals surface area contributed by atoms with Gasteiger partial charge < -0.3 is 23.5 Å². The number of esters is 1. The van der Waals surface area contributed by atoms with E-state index in [9.17, 15) is 9.59 Å². The van der Waals surface area contributed by atoms with Crippen LogP contribution >= 0.6 is 22.9 Å². The van der Waals surface area contributed by atoms with Crippen LogP contribution in [0.1, 0.15) is 61.8 Å². The first-order valence-corrected chi connectivity index (χ1v) is 17.9. The van der Waals surface area contributed by atoms with Crippen LogP contribution in [0.3, 0.4) is 0 Å². The SMILES string of the molecule is CCOC(=O)C1=C(C)N=c2s/c(=C/c3cc(C)n(-c4ccc(OCc5ccc(Cl)cc5)cc4)c3C)c(=O)n2[C@H]1c1ccc(OC(C)C)c(OC)c1. The van der Waals surface area contributed by atoms with Gasteiger partial charge in [0.1, 0.15) is 12.4 Å². The van der Waals surface area contributed by atoms with Gasteiger partial charge in [0.05, 0.1) is 41.7 Å². The van der Waals surface area contributed by atoms with E-state index in [-0.39, 0.29) is 18.3 Å². The van der Waals surface area contributed by atoms with Crippen molar-refractivity contribution >= 4 is 35.0 Å². The molecule has 3 aromatic carbocycles. The highest BCUT2D eigenvalue weighted by atomic mass is 35.5. The average Bonchev–Trinajstić information content (AvgIpc) is 3.56. The number of fused-ring (bicyclic) bond motifs is 1. The van der Waals surface area contributed by atoms with E-state index in [4.69, 9.17) is 35.5 Å². The van der Waals surface area contributed by atoms with Crippen molar-refractivity contribution in [1.29, 1.82) is 0 Å². The van der Waals surface area contributed by atoms with Gasteiger partial charge in [-0.1, -0.05) is 41.1 Å². The third kappa shape index (κ3) is 7.38. The van der Waals surface area contributed by atoms with Gasteiger partial charge >= 0.3 is 5.97 Å². The number of aromatic nitrogens is 2. The molecule has 0 unspecified atom stereocenters. The first kappa shape index (κ1) is 35.8. The van der Waals surface area contributed by atoms with Gasteiger partial charge in [0.15, 0.2) is 16.3 Å². The van der Waals surface area contributed by atoms with Crippen LogP contribution in [0.2, 0.25) is 5.02 Å². The normalized spacial score (nSPS) is 14.4. The summed E-state index contributed by atoms with van der Waals surface area (Å²) < 4.78 is 27.3. The summed E-state index contributed by atoms with van der Waals surface area (Å²) in [6.07, 6.45) is 1.83. The fourth-order valence-electron chi connectivity index (χ4n) is 6.22. The lowest BCUT2D eigenvalue weighted by molar-refractivity contribution is -0.139. The van der Waals surface area contributed by atoms with E-state index in [2.05, 4.69) is 10.6 Å². The van der Waals surface area contributed by atoms with E-state index in [0.717, 1.165) is 34.0 Å². The highest BCUT2D eigenvalue weighted by molar-refractivity contribution is 7.07. The van der Waals surface area contributed by atoms with Crippen molar-refractivity contribution in [2.75, 3.05) is 13.7 Å². The van der Waals surface area contributed by atoms with Crippen LogP contribution in [0.15, 0.2) is 93.9 Å². The quantitative estimate of drug-likeness (QED) is 0.133. The summed E-state index contributed by atoms with van der Waals surface area (Å²) in [5.41, 5.74) is 6.09. The fraction of sp³-hybridized carbons (Fsp3) is 0.275. The van der Waals surface area contributed by atoms with E-state index in [1.807, 2.05) is 88.4 Å². The molecule has 0 radical (unpaired) electrons. The first-order valence-electron chi connectivity index (χ1n) is 16.7.